The van der Waals surface area contributed by atoms with E-state index in [1.165, 1.54) is 0 Å². The molecule has 96 valence electrons. The molecule has 0 aromatic heterocycles. The molecule has 1 atom stereocenters. The average molecular weight is 246 g/mol. The predicted octanol–water partition coefficient (Wildman–Crippen LogP) is 2.41. The summed E-state index contributed by atoms with van der Waals surface area (Å²) >= 11 is 0. The Morgan fingerprint density at radius 1 is 1.44 bits per heavy atom. The molecule has 2 rings (SSSR count). The molecule has 2 amide bonds. The van der Waals surface area contributed by atoms with Crippen molar-refractivity contribution in [2.75, 3.05) is 16.8 Å². The van der Waals surface area contributed by atoms with E-state index in [2.05, 4.69) is 12.2 Å². The molecule has 4 nitrogen and oxygen atoms in total. The largest absolute Gasteiger partial charge is 0.323 e. The number of carbonyl (C=O) groups is 2. The van der Waals surface area contributed by atoms with Gasteiger partial charge in [-0.05, 0) is 18.6 Å². The van der Waals surface area contributed by atoms with Crippen LogP contribution in [-0.4, -0.2) is 18.4 Å². The van der Waals surface area contributed by atoms with Crippen LogP contribution in [0.2, 0.25) is 0 Å². The Kier molecular flexibility index (Phi) is 3.65. The van der Waals surface area contributed by atoms with Crippen LogP contribution in [0.5, 0.6) is 0 Å². The second-order valence-corrected chi connectivity index (χ2v) is 4.68. The third kappa shape index (κ3) is 2.37. The van der Waals surface area contributed by atoms with E-state index in [9.17, 15) is 9.59 Å². The fraction of sp³-hybridized carbons (Fsp3) is 0.429. The summed E-state index contributed by atoms with van der Waals surface area (Å²) in [6.07, 6.45) is 1.81. The maximum Gasteiger partial charge on any atom is 0.244 e. The molecule has 0 saturated heterocycles. The van der Waals surface area contributed by atoms with Crippen LogP contribution in [0, 0.1) is 5.92 Å². The zero-order valence-electron chi connectivity index (χ0n) is 10.8. The van der Waals surface area contributed by atoms with Crippen LogP contribution in [0.1, 0.15) is 26.7 Å². The van der Waals surface area contributed by atoms with Gasteiger partial charge in [0.2, 0.25) is 11.8 Å². The molecule has 0 radical (unpaired) electrons. The first kappa shape index (κ1) is 12.6. The summed E-state index contributed by atoms with van der Waals surface area (Å²) in [5.74, 6) is -0.154. The molecular formula is C14H18N2O2. The van der Waals surface area contributed by atoms with E-state index in [1.54, 1.807) is 4.90 Å². The Morgan fingerprint density at radius 2 is 2.17 bits per heavy atom. The van der Waals surface area contributed by atoms with Gasteiger partial charge in [-0.2, -0.15) is 0 Å². The van der Waals surface area contributed by atoms with E-state index in [0.29, 0.717) is 5.69 Å². The number of para-hydroxylation sites is 2. The lowest BCUT2D eigenvalue weighted by Crippen LogP contribution is -2.44. The van der Waals surface area contributed by atoms with Crippen LogP contribution in [0.25, 0.3) is 0 Å². The molecule has 0 fully saturated rings. The standard InChI is InChI=1S/C14H18N2O2/c1-3-6-10(2)14(18)16-9-13(17)15-11-7-4-5-8-12(11)16/h4-5,7-8,10H,3,6,9H2,1-2H3,(H,15,17). The topological polar surface area (TPSA) is 49.4 Å². The molecule has 1 aromatic rings. The zero-order valence-corrected chi connectivity index (χ0v) is 10.8. The minimum atomic E-state index is -0.134. The second-order valence-electron chi connectivity index (χ2n) is 4.68. The van der Waals surface area contributed by atoms with Gasteiger partial charge in [-0.1, -0.05) is 32.4 Å². The Hall–Kier alpha value is -1.84. The highest BCUT2D eigenvalue weighted by molar-refractivity contribution is 6.10. The molecule has 0 spiro atoms. The first-order valence-electron chi connectivity index (χ1n) is 6.33. The third-order valence-corrected chi connectivity index (χ3v) is 3.18. The maximum atomic E-state index is 12.3. The van der Waals surface area contributed by atoms with Crippen LogP contribution in [-0.2, 0) is 9.59 Å². The number of nitrogens with one attached hydrogen (secondary N) is 1. The third-order valence-electron chi connectivity index (χ3n) is 3.18. The Bertz CT molecular complexity index is 471. The lowest BCUT2D eigenvalue weighted by atomic mass is 10.0. The van der Waals surface area contributed by atoms with Crippen molar-refractivity contribution in [1.82, 2.24) is 0 Å². The van der Waals surface area contributed by atoms with Gasteiger partial charge in [-0.25, -0.2) is 0 Å². The number of hydrogen-bond donors (Lipinski definition) is 1. The molecule has 1 aliphatic heterocycles. The number of rotatable bonds is 3. The number of carbonyl (C=O) groups excluding carboxylic acids is 2. The number of benzene rings is 1. The van der Waals surface area contributed by atoms with Crippen LogP contribution >= 0.6 is 0 Å². The zero-order chi connectivity index (χ0) is 13.1. The summed E-state index contributed by atoms with van der Waals surface area (Å²) < 4.78 is 0. The van der Waals surface area contributed by atoms with Gasteiger partial charge in [-0.15, -0.1) is 0 Å². The molecule has 1 N–H and O–H groups in total. The van der Waals surface area contributed by atoms with E-state index in [1.807, 2.05) is 31.2 Å². The normalized spacial score (nSPS) is 15.9. The lowest BCUT2D eigenvalue weighted by molar-refractivity contribution is -0.124. The van der Waals surface area contributed by atoms with Crippen LogP contribution in [0.4, 0.5) is 11.4 Å². The minimum absolute atomic E-state index is 0.0270. The summed E-state index contributed by atoms with van der Waals surface area (Å²) in [6.45, 7) is 4.09. The van der Waals surface area contributed by atoms with E-state index >= 15 is 0 Å². The van der Waals surface area contributed by atoms with Gasteiger partial charge >= 0.3 is 0 Å². The highest BCUT2D eigenvalue weighted by Crippen LogP contribution is 2.30. The monoisotopic (exact) mass is 246 g/mol. The number of hydrogen-bond acceptors (Lipinski definition) is 2. The van der Waals surface area contributed by atoms with Crippen molar-refractivity contribution in [2.45, 2.75) is 26.7 Å². The van der Waals surface area contributed by atoms with Gasteiger partial charge < -0.3 is 10.2 Å². The van der Waals surface area contributed by atoms with Crippen molar-refractivity contribution in [3.63, 3.8) is 0 Å². The van der Waals surface area contributed by atoms with Crippen LogP contribution in [0.3, 0.4) is 0 Å². The molecule has 1 unspecified atom stereocenters. The predicted molar refractivity (Wildman–Crippen MR) is 71.5 cm³/mol. The average Bonchev–Trinajstić information content (AvgIpc) is 2.37. The van der Waals surface area contributed by atoms with Crippen molar-refractivity contribution in [3.8, 4) is 0 Å². The van der Waals surface area contributed by atoms with Gasteiger partial charge in [0.25, 0.3) is 0 Å². The molecule has 0 aliphatic carbocycles. The van der Waals surface area contributed by atoms with Gasteiger partial charge in [0.05, 0.1) is 11.4 Å². The molecule has 18 heavy (non-hydrogen) atoms. The number of fused-ring (bicyclic) bond motifs is 1. The molecule has 0 bridgehead atoms. The van der Waals surface area contributed by atoms with Crippen LogP contribution < -0.4 is 10.2 Å². The smallest absolute Gasteiger partial charge is 0.244 e. The summed E-state index contributed by atoms with van der Waals surface area (Å²) in [4.78, 5) is 25.6. The SMILES string of the molecule is CCCC(C)C(=O)N1CC(=O)Nc2ccccc21. The van der Waals surface area contributed by atoms with Gasteiger partial charge in [-0.3, -0.25) is 9.59 Å². The van der Waals surface area contributed by atoms with E-state index < -0.39 is 0 Å². The maximum absolute atomic E-state index is 12.3. The molecule has 1 heterocycles. The fourth-order valence-electron chi connectivity index (χ4n) is 2.25. The van der Waals surface area contributed by atoms with Gasteiger partial charge in [0.15, 0.2) is 0 Å². The number of nitrogens with zero attached hydrogens (tertiary/aromatic N) is 1. The van der Waals surface area contributed by atoms with E-state index in [0.717, 1.165) is 18.5 Å². The summed E-state index contributed by atoms with van der Waals surface area (Å²) in [7, 11) is 0. The Labute approximate surface area is 107 Å². The number of amides is 2. The molecule has 0 saturated carbocycles. The van der Waals surface area contributed by atoms with Crippen molar-refractivity contribution < 1.29 is 9.59 Å². The van der Waals surface area contributed by atoms with Gasteiger partial charge in [0, 0.05) is 5.92 Å². The van der Waals surface area contributed by atoms with Gasteiger partial charge in [0.1, 0.15) is 6.54 Å². The first-order valence-corrected chi connectivity index (χ1v) is 6.33. The fourth-order valence-corrected chi connectivity index (χ4v) is 2.25. The quantitative estimate of drug-likeness (QED) is 0.890. The molecule has 1 aromatic carbocycles. The van der Waals surface area contributed by atoms with Crippen molar-refractivity contribution in [2.24, 2.45) is 5.92 Å². The second kappa shape index (κ2) is 5.21. The first-order chi connectivity index (χ1) is 8.63. The molecule has 1 aliphatic rings. The van der Waals surface area contributed by atoms with E-state index in [4.69, 9.17) is 0 Å². The minimum Gasteiger partial charge on any atom is -0.323 e. The van der Waals surface area contributed by atoms with Crippen molar-refractivity contribution in [1.29, 1.82) is 0 Å². The lowest BCUT2D eigenvalue weighted by Gasteiger charge is -2.31. The van der Waals surface area contributed by atoms with E-state index in [-0.39, 0.29) is 24.3 Å². The molecule has 4 heteroatoms. The Morgan fingerprint density at radius 3 is 2.89 bits per heavy atom. The summed E-state index contributed by atoms with van der Waals surface area (Å²) in [6, 6.07) is 7.41. The van der Waals surface area contributed by atoms with Crippen molar-refractivity contribution >= 4 is 23.2 Å². The highest BCUT2D eigenvalue weighted by atomic mass is 16.2. The summed E-state index contributed by atoms with van der Waals surface area (Å²) in [5.41, 5.74) is 1.51. The highest BCUT2D eigenvalue weighted by Gasteiger charge is 2.28. The molecular weight excluding hydrogens is 228 g/mol. The van der Waals surface area contributed by atoms with Crippen LogP contribution in [0.15, 0.2) is 24.3 Å². The number of anilines is 2. The Balaban J connectivity index is 2.28. The van der Waals surface area contributed by atoms with Crippen molar-refractivity contribution in [3.05, 3.63) is 24.3 Å². The summed E-state index contributed by atoms with van der Waals surface area (Å²) in [5, 5.41) is 2.78.